The third-order valence-electron chi connectivity index (χ3n) is 3.72. The van der Waals surface area contributed by atoms with E-state index in [4.69, 9.17) is 16.3 Å². The molecule has 2 unspecified atom stereocenters. The van der Waals surface area contributed by atoms with Gasteiger partial charge in [0, 0.05) is 5.02 Å². The molecule has 2 atom stereocenters. The van der Waals surface area contributed by atoms with E-state index >= 15 is 0 Å². The highest BCUT2D eigenvalue weighted by Gasteiger charge is 2.27. The monoisotopic (exact) mass is 287 g/mol. The molecule has 0 saturated carbocycles. The quantitative estimate of drug-likeness (QED) is 0.853. The lowest BCUT2D eigenvalue weighted by atomic mass is 10.0. The average molecular weight is 288 g/mol. The molecular formula is C17H18ClNO. The summed E-state index contributed by atoms with van der Waals surface area (Å²) in [6.07, 6.45) is 1.01. The van der Waals surface area contributed by atoms with Gasteiger partial charge in [0.2, 0.25) is 0 Å². The van der Waals surface area contributed by atoms with Gasteiger partial charge in [-0.1, -0.05) is 36.7 Å². The predicted molar refractivity (Wildman–Crippen MR) is 83.7 cm³/mol. The van der Waals surface area contributed by atoms with Gasteiger partial charge in [-0.05, 0) is 48.7 Å². The molecule has 1 heterocycles. The molecule has 0 aromatic heterocycles. The van der Waals surface area contributed by atoms with Crippen molar-refractivity contribution in [3.8, 4) is 5.75 Å². The number of halogens is 1. The van der Waals surface area contributed by atoms with E-state index in [0.717, 1.165) is 28.4 Å². The van der Waals surface area contributed by atoms with Crippen LogP contribution in [0.5, 0.6) is 5.75 Å². The number of benzene rings is 2. The number of fused-ring (bicyclic) bond motifs is 1. The SMILES string of the molecule is CCc1ccc2c(c1)NC(C)C(c1cccc(Cl)c1)O2. The van der Waals surface area contributed by atoms with Crippen LogP contribution in [0.25, 0.3) is 0 Å². The number of nitrogens with one attached hydrogen (secondary N) is 1. The Bertz CT molecular complexity index is 626. The van der Waals surface area contributed by atoms with Gasteiger partial charge in [-0.2, -0.15) is 0 Å². The zero-order valence-electron chi connectivity index (χ0n) is 11.7. The van der Waals surface area contributed by atoms with Gasteiger partial charge in [0.15, 0.2) is 0 Å². The van der Waals surface area contributed by atoms with E-state index in [1.165, 1.54) is 5.56 Å². The van der Waals surface area contributed by atoms with Crippen LogP contribution >= 0.6 is 11.6 Å². The summed E-state index contributed by atoms with van der Waals surface area (Å²) in [5.74, 6) is 0.908. The van der Waals surface area contributed by atoms with Crippen LogP contribution in [-0.4, -0.2) is 6.04 Å². The van der Waals surface area contributed by atoms with E-state index in [-0.39, 0.29) is 12.1 Å². The first-order chi connectivity index (χ1) is 9.67. The first kappa shape index (κ1) is 13.3. The molecule has 104 valence electrons. The highest BCUT2D eigenvalue weighted by molar-refractivity contribution is 6.30. The van der Waals surface area contributed by atoms with Gasteiger partial charge in [0.05, 0.1) is 11.7 Å². The molecule has 20 heavy (non-hydrogen) atoms. The van der Waals surface area contributed by atoms with Crippen molar-refractivity contribution in [2.45, 2.75) is 32.4 Å². The summed E-state index contributed by atoms with van der Waals surface area (Å²) in [5, 5.41) is 4.28. The topological polar surface area (TPSA) is 21.3 Å². The molecule has 3 rings (SSSR count). The largest absolute Gasteiger partial charge is 0.481 e. The van der Waals surface area contributed by atoms with Crippen LogP contribution in [0.3, 0.4) is 0 Å². The van der Waals surface area contributed by atoms with Gasteiger partial charge in [-0.3, -0.25) is 0 Å². The van der Waals surface area contributed by atoms with E-state index in [2.05, 4.69) is 37.4 Å². The molecular weight excluding hydrogens is 270 g/mol. The summed E-state index contributed by atoms with van der Waals surface area (Å²) in [7, 11) is 0. The molecule has 3 heteroatoms. The summed E-state index contributed by atoms with van der Waals surface area (Å²) in [5.41, 5.74) is 3.49. The van der Waals surface area contributed by atoms with Crippen LogP contribution in [-0.2, 0) is 6.42 Å². The second kappa shape index (κ2) is 5.37. The number of hydrogen-bond donors (Lipinski definition) is 1. The fraction of sp³-hybridized carbons (Fsp3) is 0.294. The Balaban J connectivity index is 1.93. The number of anilines is 1. The molecule has 0 amide bonds. The van der Waals surface area contributed by atoms with Crippen molar-refractivity contribution in [3.63, 3.8) is 0 Å². The van der Waals surface area contributed by atoms with Gasteiger partial charge >= 0.3 is 0 Å². The Labute approximate surface area is 124 Å². The number of ether oxygens (including phenoxy) is 1. The van der Waals surface area contributed by atoms with Gasteiger partial charge in [0.1, 0.15) is 11.9 Å². The molecule has 2 aromatic rings. The van der Waals surface area contributed by atoms with E-state index in [1.807, 2.05) is 24.3 Å². The second-order valence-corrected chi connectivity index (χ2v) is 5.65. The zero-order valence-corrected chi connectivity index (χ0v) is 12.4. The standard InChI is InChI=1S/C17H18ClNO/c1-3-12-7-8-16-15(9-12)19-11(2)17(20-16)13-5-4-6-14(18)10-13/h4-11,17,19H,3H2,1-2H3. The van der Waals surface area contributed by atoms with Crippen molar-refractivity contribution in [1.29, 1.82) is 0 Å². The molecule has 0 saturated heterocycles. The summed E-state index contributed by atoms with van der Waals surface area (Å²) >= 11 is 6.08. The van der Waals surface area contributed by atoms with Crippen molar-refractivity contribution >= 4 is 17.3 Å². The second-order valence-electron chi connectivity index (χ2n) is 5.21. The van der Waals surface area contributed by atoms with Crippen LogP contribution in [0.1, 0.15) is 31.1 Å². The van der Waals surface area contributed by atoms with E-state index in [9.17, 15) is 0 Å². The number of rotatable bonds is 2. The minimum Gasteiger partial charge on any atom is -0.481 e. The van der Waals surface area contributed by atoms with Gasteiger partial charge in [0.25, 0.3) is 0 Å². The summed E-state index contributed by atoms with van der Waals surface area (Å²) in [4.78, 5) is 0. The Morgan fingerprint density at radius 3 is 2.80 bits per heavy atom. The van der Waals surface area contributed by atoms with Crippen LogP contribution in [0, 0.1) is 0 Å². The smallest absolute Gasteiger partial charge is 0.144 e. The first-order valence-electron chi connectivity index (χ1n) is 6.99. The fourth-order valence-electron chi connectivity index (χ4n) is 2.61. The van der Waals surface area contributed by atoms with Crippen LogP contribution < -0.4 is 10.1 Å². The molecule has 0 bridgehead atoms. The first-order valence-corrected chi connectivity index (χ1v) is 7.36. The Morgan fingerprint density at radius 2 is 2.05 bits per heavy atom. The van der Waals surface area contributed by atoms with Crippen molar-refractivity contribution < 1.29 is 4.74 Å². The van der Waals surface area contributed by atoms with Gasteiger partial charge in [-0.25, -0.2) is 0 Å². The highest BCUT2D eigenvalue weighted by Crippen LogP contribution is 2.38. The molecule has 1 aliphatic rings. The molecule has 2 nitrogen and oxygen atoms in total. The molecule has 0 fully saturated rings. The fourth-order valence-corrected chi connectivity index (χ4v) is 2.81. The molecule has 2 aromatic carbocycles. The average Bonchev–Trinajstić information content (AvgIpc) is 2.46. The molecule has 0 radical (unpaired) electrons. The van der Waals surface area contributed by atoms with Crippen molar-refractivity contribution in [3.05, 3.63) is 58.6 Å². The lowest BCUT2D eigenvalue weighted by Crippen LogP contribution is -2.32. The lowest BCUT2D eigenvalue weighted by Gasteiger charge is -2.33. The number of hydrogen-bond acceptors (Lipinski definition) is 2. The lowest BCUT2D eigenvalue weighted by molar-refractivity contribution is 0.177. The third kappa shape index (κ3) is 2.48. The van der Waals surface area contributed by atoms with E-state index in [0.29, 0.717) is 0 Å². The van der Waals surface area contributed by atoms with Crippen LogP contribution in [0.4, 0.5) is 5.69 Å². The normalized spacial score (nSPS) is 20.8. The Hall–Kier alpha value is -1.67. The highest BCUT2D eigenvalue weighted by atomic mass is 35.5. The summed E-state index contributed by atoms with van der Waals surface area (Å²) in [6, 6.07) is 14.4. The number of aryl methyl sites for hydroxylation is 1. The van der Waals surface area contributed by atoms with Crippen molar-refractivity contribution in [2.24, 2.45) is 0 Å². The maximum absolute atomic E-state index is 6.16. The van der Waals surface area contributed by atoms with Gasteiger partial charge < -0.3 is 10.1 Å². The molecule has 1 aliphatic heterocycles. The maximum atomic E-state index is 6.16. The molecule has 0 spiro atoms. The minimum atomic E-state index is -0.0197. The Morgan fingerprint density at radius 1 is 1.20 bits per heavy atom. The van der Waals surface area contributed by atoms with Crippen LogP contribution in [0.2, 0.25) is 5.02 Å². The van der Waals surface area contributed by atoms with Crippen molar-refractivity contribution in [2.75, 3.05) is 5.32 Å². The van der Waals surface area contributed by atoms with E-state index in [1.54, 1.807) is 0 Å². The predicted octanol–water partition coefficient (Wildman–Crippen LogP) is 4.84. The third-order valence-corrected chi connectivity index (χ3v) is 3.96. The Kier molecular flexibility index (Phi) is 3.58. The molecule has 1 N–H and O–H groups in total. The van der Waals surface area contributed by atoms with Crippen molar-refractivity contribution in [1.82, 2.24) is 0 Å². The van der Waals surface area contributed by atoms with Crippen LogP contribution in [0.15, 0.2) is 42.5 Å². The van der Waals surface area contributed by atoms with Gasteiger partial charge in [-0.15, -0.1) is 0 Å². The summed E-state index contributed by atoms with van der Waals surface area (Å²) < 4.78 is 6.16. The minimum absolute atomic E-state index is 0.0197. The maximum Gasteiger partial charge on any atom is 0.144 e. The zero-order chi connectivity index (χ0) is 14.1. The van der Waals surface area contributed by atoms with E-state index < -0.39 is 0 Å². The summed E-state index contributed by atoms with van der Waals surface area (Å²) in [6.45, 7) is 4.29. The molecule has 0 aliphatic carbocycles.